The number of piperidine rings is 1. The summed E-state index contributed by atoms with van der Waals surface area (Å²) in [6, 6.07) is 0. The second-order valence-corrected chi connectivity index (χ2v) is 3.96. The Balaban J connectivity index is 1.66. The van der Waals surface area contributed by atoms with Crippen LogP contribution in [0.4, 0.5) is 0 Å². The monoisotopic (exact) mass is 184 g/mol. The van der Waals surface area contributed by atoms with E-state index in [9.17, 15) is 0 Å². The summed E-state index contributed by atoms with van der Waals surface area (Å²) in [6.45, 7) is 7.70. The smallest absolute Gasteiger partial charge is 0.0856 e. The zero-order valence-electron chi connectivity index (χ0n) is 8.54. The largest absolute Gasteiger partial charge is 0.376 e. The number of hydrogen-bond acceptors (Lipinski definition) is 3. The van der Waals surface area contributed by atoms with E-state index >= 15 is 0 Å². The van der Waals surface area contributed by atoms with E-state index in [-0.39, 0.29) is 0 Å². The first-order valence-corrected chi connectivity index (χ1v) is 5.51. The van der Waals surface area contributed by atoms with Gasteiger partial charge < -0.3 is 4.74 Å². The van der Waals surface area contributed by atoms with Crippen molar-refractivity contribution in [3.8, 4) is 0 Å². The summed E-state index contributed by atoms with van der Waals surface area (Å²) >= 11 is 0. The molecule has 0 saturated carbocycles. The van der Waals surface area contributed by atoms with Crippen molar-refractivity contribution < 1.29 is 4.74 Å². The first kappa shape index (κ1) is 9.44. The average Bonchev–Trinajstić information content (AvgIpc) is 2.12. The van der Waals surface area contributed by atoms with Gasteiger partial charge >= 0.3 is 0 Å². The van der Waals surface area contributed by atoms with Crippen LogP contribution in [0, 0.1) is 0 Å². The maximum atomic E-state index is 5.53. The Bertz CT molecular complexity index is 151. The topological polar surface area (TPSA) is 15.7 Å². The second-order valence-electron chi connectivity index (χ2n) is 3.96. The quantitative estimate of drug-likeness (QED) is 0.653. The van der Waals surface area contributed by atoms with Gasteiger partial charge in [0.2, 0.25) is 0 Å². The summed E-state index contributed by atoms with van der Waals surface area (Å²) in [5.74, 6) is 0. The number of hydrazine groups is 1. The fraction of sp³-hybridized carbons (Fsp3) is 1.00. The normalized spacial score (nSPS) is 27.5. The molecule has 0 aromatic rings. The van der Waals surface area contributed by atoms with Crippen molar-refractivity contribution >= 4 is 0 Å². The van der Waals surface area contributed by atoms with Crippen LogP contribution in [0.25, 0.3) is 0 Å². The molecule has 2 aliphatic rings. The lowest BCUT2D eigenvalue weighted by atomic mass is 10.1. The third kappa shape index (κ3) is 2.22. The van der Waals surface area contributed by atoms with Gasteiger partial charge in [0, 0.05) is 32.8 Å². The van der Waals surface area contributed by atoms with Crippen molar-refractivity contribution in [3.63, 3.8) is 0 Å². The molecule has 0 aliphatic carbocycles. The first-order valence-electron chi connectivity index (χ1n) is 5.51. The molecule has 2 heterocycles. The van der Waals surface area contributed by atoms with Gasteiger partial charge in [0.25, 0.3) is 0 Å². The van der Waals surface area contributed by atoms with Gasteiger partial charge in [-0.3, -0.25) is 0 Å². The lowest BCUT2D eigenvalue weighted by Crippen LogP contribution is -2.60. The lowest BCUT2D eigenvalue weighted by Gasteiger charge is -2.47. The van der Waals surface area contributed by atoms with Gasteiger partial charge in [-0.1, -0.05) is 6.42 Å². The third-order valence-corrected chi connectivity index (χ3v) is 2.96. The maximum absolute atomic E-state index is 5.53. The molecule has 2 aliphatic heterocycles. The van der Waals surface area contributed by atoms with Crippen LogP contribution in [0.2, 0.25) is 0 Å². The predicted molar refractivity (Wildman–Crippen MR) is 52.4 cm³/mol. The number of rotatable bonds is 3. The summed E-state index contributed by atoms with van der Waals surface area (Å²) in [5, 5.41) is 4.94. The van der Waals surface area contributed by atoms with Crippen molar-refractivity contribution in [2.75, 3.05) is 32.8 Å². The summed E-state index contributed by atoms with van der Waals surface area (Å²) < 4.78 is 5.53. The van der Waals surface area contributed by atoms with E-state index in [0.29, 0.717) is 6.10 Å². The summed E-state index contributed by atoms with van der Waals surface area (Å²) in [6.07, 6.45) is 4.66. The van der Waals surface area contributed by atoms with Gasteiger partial charge in [0.15, 0.2) is 0 Å². The molecule has 2 fully saturated rings. The molecular formula is C10H20N2O. The molecule has 0 atom stereocenters. The van der Waals surface area contributed by atoms with Crippen LogP contribution in [0.15, 0.2) is 0 Å². The highest BCUT2D eigenvalue weighted by Crippen LogP contribution is 2.18. The minimum Gasteiger partial charge on any atom is -0.376 e. The van der Waals surface area contributed by atoms with E-state index in [0.717, 1.165) is 19.7 Å². The number of hydrogen-bond donors (Lipinski definition) is 0. The minimum atomic E-state index is 0.506. The molecule has 0 spiro atoms. The highest BCUT2D eigenvalue weighted by Gasteiger charge is 2.31. The van der Waals surface area contributed by atoms with Crippen LogP contribution in [-0.2, 0) is 4.74 Å². The Labute approximate surface area is 80.6 Å². The molecule has 2 saturated heterocycles. The highest BCUT2D eigenvalue weighted by molar-refractivity contribution is 4.80. The Morgan fingerprint density at radius 3 is 2.38 bits per heavy atom. The molecule has 3 nitrogen and oxygen atoms in total. The zero-order chi connectivity index (χ0) is 9.10. The van der Waals surface area contributed by atoms with Gasteiger partial charge in [-0.15, -0.1) is 0 Å². The number of nitrogens with zero attached hydrogens (tertiary/aromatic N) is 2. The van der Waals surface area contributed by atoms with E-state index in [1.807, 2.05) is 0 Å². The van der Waals surface area contributed by atoms with Gasteiger partial charge in [-0.25, -0.2) is 10.0 Å². The van der Waals surface area contributed by atoms with E-state index in [4.69, 9.17) is 4.74 Å². The lowest BCUT2D eigenvalue weighted by molar-refractivity contribution is -0.160. The third-order valence-electron chi connectivity index (χ3n) is 2.96. The Morgan fingerprint density at radius 1 is 1.08 bits per heavy atom. The average molecular weight is 184 g/mol. The van der Waals surface area contributed by atoms with Crippen molar-refractivity contribution in [2.24, 2.45) is 0 Å². The van der Waals surface area contributed by atoms with E-state index in [1.54, 1.807) is 0 Å². The summed E-state index contributed by atoms with van der Waals surface area (Å²) in [4.78, 5) is 0. The first-order chi connectivity index (χ1) is 6.40. The van der Waals surface area contributed by atoms with Crippen LogP contribution in [-0.4, -0.2) is 48.9 Å². The highest BCUT2D eigenvalue weighted by atomic mass is 16.5. The van der Waals surface area contributed by atoms with E-state index in [1.165, 1.54) is 32.4 Å². The fourth-order valence-corrected chi connectivity index (χ4v) is 2.15. The molecule has 0 aromatic heterocycles. The van der Waals surface area contributed by atoms with Gasteiger partial charge in [-0.2, -0.15) is 0 Å². The molecule has 0 bridgehead atoms. The Hall–Kier alpha value is -0.120. The molecule has 76 valence electrons. The molecule has 0 amide bonds. The van der Waals surface area contributed by atoms with Crippen molar-refractivity contribution in [1.82, 2.24) is 10.0 Å². The Kier molecular flexibility index (Phi) is 3.19. The standard InChI is InChI=1S/C10H20N2O/c1-2-13-10-8-12(9-10)11-6-4-3-5-7-11/h10H,2-9H2,1H3. The molecule has 2 rings (SSSR count). The SMILES string of the molecule is CCOC1CN(N2CCCCC2)C1. The van der Waals surface area contributed by atoms with Crippen LogP contribution < -0.4 is 0 Å². The Morgan fingerprint density at radius 2 is 1.77 bits per heavy atom. The molecule has 13 heavy (non-hydrogen) atoms. The van der Waals surface area contributed by atoms with E-state index < -0.39 is 0 Å². The van der Waals surface area contributed by atoms with Gasteiger partial charge in [0.1, 0.15) is 0 Å². The van der Waals surface area contributed by atoms with Crippen LogP contribution >= 0.6 is 0 Å². The van der Waals surface area contributed by atoms with Gasteiger partial charge in [-0.05, 0) is 19.8 Å². The summed E-state index contributed by atoms with van der Waals surface area (Å²) in [7, 11) is 0. The van der Waals surface area contributed by atoms with Crippen LogP contribution in [0.5, 0.6) is 0 Å². The molecule has 0 N–H and O–H groups in total. The predicted octanol–water partition coefficient (Wildman–Crippen LogP) is 1.11. The molecule has 0 radical (unpaired) electrons. The van der Waals surface area contributed by atoms with Crippen LogP contribution in [0.1, 0.15) is 26.2 Å². The maximum Gasteiger partial charge on any atom is 0.0856 e. The van der Waals surface area contributed by atoms with Gasteiger partial charge in [0.05, 0.1) is 6.10 Å². The molecule has 0 unspecified atom stereocenters. The minimum absolute atomic E-state index is 0.506. The molecule has 0 aromatic carbocycles. The van der Waals surface area contributed by atoms with Crippen molar-refractivity contribution in [3.05, 3.63) is 0 Å². The summed E-state index contributed by atoms with van der Waals surface area (Å²) in [5.41, 5.74) is 0. The van der Waals surface area contributed by atoms with Crippen molar-refractivity contribution in [1.29, 1.82) is 0 Å². The van der Waals surface area contributed by atoms with Crippen LogP contribution in [0.3, 0.4) is 0 Å². The zero-order valence-corrected chi connectivity index (χ0v) is 8.54. The number of ether oxygens (including phenoxy) is 1. The molecular weight excluding hydrogens is 164 g/mol. The van der Waals surface area contributed by atoms with E-state index in [2.05, 4.69) is 16.9 Å². The molecule has 3 heteroatoms. The van der Waals surface area contributed by atoms with Crippen molar-refractivity contribution in [2.45, 2.75) is 32.3 Å². The second kappa shape index (κ2) is 4.40. The fourth-order valence-electron chi connectivity index (χ4n) is 2.15.